The van der Waals surface area contributed by atoms with E-state index in [1.165, 1.54) is 10.6 Å². The molecule has 1 N–H and O–H groups in total. The summed E-state index contributed by atoms with van der Waals surface area (Å²) >= 11 is 0. The van der Waals surface area contributed by atoms with Crippen LogP contribution < -0.4 is 10.6 Å². The summed E-state index contributed by atoms with van der Waals surface area (Å²) < 4.78 is 0. The van der Waals surface area contributed by atoms with Crippen LogP contribution in [-0.2, 0) is 4.79 Å². The summed E-state index contributed by atoms with van der Waals surface area (Å²) in [6, 6.07) is 20.4. The standard InChI is InChI=1S/C16H17O2P/c1-13(12-16(17)18)19(14-8-4-2-5-9-14)15-10-6-3-7-11-15/h2-11,13H,12H2,1H3,(H,17,18). The lowest BCUT2D eigenvalue weighted by atomic mass is 10.3. The lowest BCUT2D eigenvalue weighted by Crippen LogP contribution is -2.21. The molecule has 0 aliphatic heterocycles. The van der Waals surface area contributed by atoms with E-state index in [0.717, 1.165) is 0 Å². The van der Waals surface area contributed by atoms with Gasteiger partial charge in [0.15, 0.2) is 0 Å². The average Bonchev–Trinajstić information content (AvgIpc) is 2.40. The van der Waals surface area contributed by atoms with Gasteiger partial charge in [-0.2, -0.15) is 0 Å². The van der Waals surface area contributed by atoms with Crippen molar-refractivity contribution in [2.75, 3.05) is 0 Å². The number of hydrogen-bond donors (Lipinski definition) is 1. The van der Waals surface area contributed by atoms with E-state index in [1.807, 2.05) is 43.3 Å². The lowest BCUT2D eigenvalue weighted by Gasteiger charge is -2.24. The van der Waals surface area contributed by atoms with Crippen LogP contribution in [0.4, 0.5) is 0 Å². The largest absolute Gasteiger partial charge is 0.481 e. The maximum absolute atomic E-state index is 11.0. The van der Waals surface area contributed by atoms with E-state index in [2.05, 4.69) is 24.3 Å². The molecule has 1 atom stereocenters. The number of carbonyl (C=O) groups is 1. The van der Waals surface area contributed by atoms with Crippen LogP contribution in [-0.4, -0.2) is 16.7 Å². The molecular formula is C16H17O2P. The first-order valence-corrected chi connectivity index (χ1v) is 7.70. The van der Waals surface area contributed by atoms with E-state index in [0.29, 0.717) is 0 Å². The van der Waals surface area contributed by atoms with Crippen molar-refractivity contribution < 1.29 is 9.90 Å². The van der Waals surface area contributed by atoms with Gasteiger partial charge in [-0.15, -0.1) is 0 Å². The molecule has 0 aliphatic rings. The van der Waals surface area contributed by atoms with Crippen LogP contribution in [0.15, 0.2) is 60.7 Å². The molecule has 0 spiro atoms. The summed E-state index contributed by atoms with van der Waals surface area (Å²) in [5.74, 6) is -0.730. The number of hydrogen-bond acceptors (Lipinski definition) is 1. The molecule has 0 bridgehead atoms. The highest BCUT2D eigenvalue weighted by molar-refractivity contribution is 7.73. The Morgan fingerprint density at radius 2 is 1.42 bits per heavy atom. The van der Waals surface area contributed by atoms with Crippen LogP contribution in [0.1, 0.15) is 13.3 Å². The van der Waals surface area contributed by atoms with Gasteiger partial charge in [-0.3, -0.25) is 4.79 Å². The third-order valence-electron chi connectivity index (χ3n) is 2.98. The van der Waals surface area contributed by atoms with E-state index in [-0.39, 0.29) is 12.1 Å². The second-order valence-electron chi connectivity index (χ2n) is 4.49. The van der Waals surface area contributed by atoms with Crippen molar-refractivity contribution in [3.05, 3.63) is 60.7 Å². The van der Waals surface area contributed by atoms with E-state index in [1.54, 1.807) is 0 Å². The van der Waals surface area contributed by atoms with Crippen LogP contribution in [0.5, 0.6) is 0 Å². The summed E-state index contributed by atoms with van der Waals surface area (Å²) in [6.45, 7) is 2.03. The van der Waals surface area contributed by atoms with Crippen LogP contribution in [0.3, 0.4) is 0 Å². The summed E-state index contributed by atoms with van der Waals surface area (Å²) in [5.41, 5.74) is 0.122. The number of benzene rings is 2. The number of aliphatic carboxylic acids is 1. The minimum Gasteiger partial charge on any atom is -0.481 e. The van der Waals surface area contributed by atoms with Gasteiger partial charge in [-0.05, 0) is 24.2 Å². The topological polar surface area (TPSA) is 37.3 Å². The van der Waals surface area contributed by atoms with Gasteiger partial charge in [0.2, 0.25) is 0 Å². The second-order valence-corrected chi connectivity index (χ2v) is 7.14. The molecule has 19 heavy (non-hydrogen) atoms. The molecule has 2 nitrogen and oxygen atoms in total. The van der Waals surface area contributed by atoms with Gasteiger partial charge >= 0.3 is 5.97 Å². The Hall–Kier alpha value is -1.66. The highest BCUT2D eigenvalue weighted by atomic mass is 31.1. The molecule has 0 radical (unpaired) electrons. The van der Waals surface area contributed by atoms with Crippen LogP contribution >= 0.6 is 7.92 Å². The SMILES string of the molecule is CC(CC(=O)O)P(c1ccccc1)c1ccccc1. The molecule has 0 saturated carbocycles. The molecule has 0 saturated heterocycles. The van der Waals surface area contributed by atoms with Crippen molar-refractivity contribution in [3.8, 4) is 0 Å². The Labute approximate surface area is 114 Å². The highest BCUT2D eigenvalue weighted by Crippen LogP contribution is 2.40. The second kappa shape index (κ2) is 6.49. The maximum atomic E-state index is 11.0. The zero-order valence-corrected chi connectivity index (χ0v) is 11.8. The van der Waals surface area contributed by atoms with Crippen molar-refractivity contribution in [1.82, 2.24) is 0 Å². The predicted molar refractivity (Wildman–Crippen MR) is 80.8 cm³/mol. The summed E-state index contributed by atoms with van der Waals surface area (Å²) in [7, 11) is -0.625. The third-order valence-corrected chi connectivity index (χ3v) is 5.75. The fourth-order valence-electron chi connectivity index (χ4n) is 2.18. The van der Waals surface area contributed by atoms with Crippen molar-refractivity contribution in [3.63, 3.8) is 0 Å². The van der Waals surface area contributed by atoms with E-state index >= 15 is 0 Å². The molecule has 98 valence electrons. The Kier molecular flexibility index (Phi) is 4.70. The normalized spacial score (nSPS) is 12.3. The first-order valence-electron chi connectivity index (χ1n) is 6.29. The van der Waals surface area contributed by atoms with Gasteiger partial charge in [0.25, 0.3) is 0 Å². The summed E-state index contributed by atoms with van der Waals surface area (Å²) in [6.07, 6.45) is 0.204. The van der Waals surface area contributed by atoms with Gasteiger partial charge in [-0.1, -0.05) is 67.6 Å². The number of carboxylic acid groups (broad SMARTS) is 1. The third kappa shape index (κ3) is 3.65. The molecule has 3 heteroatoms. The molecule has 0 aliphatic carbocycles. The molecule has 0 heterocycles. The lowest BCUT2D eigenvalue weighted by molar-refractivity contribution is -0.136. The van der Waals surface area contributed by atoms with Gasteiger partial charge in [0.1, 0.15) is 0 Å². The summed E-state index contributed by atoms with van der Waals surface area (Å²) in [4.78, 5) is 11.0. The van der Waals surface area contributed by atoms with Crippen LogP contribution in [0, 0.1) is 0 Å². The molecule has 0 fully saturated rings. The van der Waals surface area contributed by atoms with E-state index in [4.69, 9.17) is 5.11 Å². The first-order chi connectivity index (χ1) is 9.18. The maximum Gasteiger partial charge on any atom is 0.303 e. The van der Waals surface area contributed by atoms with Crippen LogP contribution in [0.2, 0.25) is 0 Å². The minimum absolute atomic E-state index is 0.122. The van der Waals surface area contributed by atoms with Crippen molar-refractivity contribution in [1.29, 1.82) is 0 Å². The zero-order chi connectivity index (χ0) is 13.7. The molecule has 1 unspecified atom stereocenters. The number of carboxylic acids is 1. The Morgan fingerprint density at radius 1 is 1.00 bits per heavy atom. The smallest absolute Gasteiger partial charge is 0.303 e. The predicted octanol–water partition coefficient (Wildman–Crippen LogP) is 2.98. The Bertz CT molecular complexity index is 485. The van der Waals surface area contributed by atoms with Gasteiger partial charge in [0, 0.05) is 0 Å². The minimum atomic E-state index is -0.730. The molecule has 2 aromatic rings. The van der Waals surface area contributed by atoms with E-state index in [9.17, 15) is 4.79 Å². The van der Waals surface area contributed by atoms with Crippen molar-refractivity contribution >= 4 is 24.5 Å². The van der Waals surface area contributed by atoms with Gasteiger partial charge in [0.05, 0.1) is 6.42 Å². The van der Waals surface area contributed by atoms with Crippen LogP contribution in [0.25, 0.3) is 0 Å². The molecular weight excluding hydrogens is 255 g/mol. The fraction of sp³-hybridized carbons (Fsp3) is 0.188. The Morgan fingerprint density at radius 3 is 1.79 bits per heavy atom. The quantitative estimate of drug-likeness (QED) is 0.850. The van der Waals surface area contributed by atoms with E-state index < -0.39 is 13.9 Å². The fourth-order valence-corrected chi connectivity index (χ4v) is 4.82. The first kappa shape index (κ1) is 13.8. The molecule has 2 aromatic carbocycles. The van der Waals surface area contributed by atoms with Gasteiger partial charge in [-0.25, -0.2) is 0 Å². The average molecular weight is 272 g/mol. The van der Waals surface area contributed by atoms with Crippen molar-refractivity contribution in [2.45, 2.75) is 19.0 Å². The van der Waals surface area contributed by atoms with Crippen molar-refractivity contribution in [2.24, 2.45) is 0 Å². The monoisotopic (exact) mass is 272 g/mol. The highest BCUT2D eigenvalue weighted by Gasteiger charge is 2.22. The number of rotatable bonds is 5. The Balaban J connectivity index is 2.37. The molecule has 0 amide bonds. The zero-order valence-electron chi connectivity index (χ0n) is 10.9. The summed E-state index contributed by atoms with van der Waals surface area (Å²) in [5, 5.41) is 11.5. The molecule has 0 aromatic heterocycles. The van der Waals surface area contributed by atoms with Gasteiger partial charge < -0.3 is 5.11 Å². The molecule has 2 rings (SSSR count).